The lowest BCUT2D eigenvalue weighted by Gasteiger charge is -2.14. The van der Waals surface area contributed by atoms with Gasteiger partial charge in [-0.15, -0.1) is 0 Å². The van der Waals surface area contributed by atoms with Crippen molar-refractivity contribution in [2.24, 2.45) is 0 Å². The summed E-state index contributed by atoms with van der Waals surface area (Å²) < 4.78 is 11.0. The smallest absolute Gasteiger partial charge is 0.132 e. The van der Waals surface area contributed by atoms with Gasteiger partial charge >= 0.3 is 0 Å². The summed E-state index contributed by atoms with van der Waals surface area (Å²) in [5.74, 6) is 0.906. The zero-order valence-corrected chi connectivity index (χ0v) is 8.53. The van der Waals surface area contributed by atoms with Crippen molar-refractivity contribution in [1.29, 1.82) is 0 Å². The van der Waals surface area contributed by atoms with E-state index in [1.54, 1.807) is 6.26 Å². The quantitative estimate of drug-likeness (QED) is 0.799. The molecule has 0 bridgehead atoms. The van der Waals surface area contributed by atoms with E-state index in [0.29, 0.717) is 6.04 Å². The molecule has 0 amide bonds. The summed E-state index contributed by atoms with van der Waals surface area (Å²) in [5, 5.41) is 3.40. The van der Waals surface area contributed by atoms with Gasteiger partial charge in [-0.25, -0.2) is 0 Å². The van der Waals surface area contributed by atoms with E-state index in [0.717, 1.165) is 18.9 Å². The van der Waals surface area contributed by atoms with Crippen molar-refractivity contribution >= 4 is 0 Å². The van der Waals surface area contributed by atoms with E-state index in [1.807, 2.05) is 19.1 Å². The average Bonchev–Trinajstić information content (AvgIpc) is 2.87. The Hall–Kier alpha value is -0.800. The lowest BCUT2D eigenvalue weighted by Crippen LogP contribution is -2.27. The van der Waals surface area contributed by atoms with Gasteiger partial charge in [-0.2, -0.15) is 0 Å². The molecule has 78 valence electrons. The highest BCUT2D eigenvalue weighted by Crippen LogP contribution is 2.18. The van der Waals surface area contributed by atoms with E-state index in [-0.39, 0.29) is 6.10 Å². The first-order valence-electron chi connectivity index (χ1n) is 5.24. The van der Waals surface area contributed by atoms with Crippen molar-refractivity contribution in [1.82, 2.24) is 5.32 Å². The molecule has 2 heterocycles. The molecule has 1 aromatic rings. The van der Waals surface area contributed by atoms with Crippen LogP contribution in [0.15, 0.2) is 22.8 Å². The molecule has 0 saturated carbocycles. The van der Waals surface area contributed by atoms with Crippen molar-refractivity contribution in [2.75, 3.05) is 13.2 Å². The topological polar surface area (TPSA) is 34.4 Å². The predicted molar refractivity (Wildman–Crippen MR) is 54.1 cm³/mol. The average molecular weight is 195 g/mol. The highest BCUT2D eigenvalue weighted by atomic mass is 16.5. The Morgan fingerprint density at radius 3 is 3.29 bits per heavy atom. The van der Waals surface area contributed by atoms with Crippen LogP contribution in [0.1, 0.15) is 31.6 Å². The molecule has 1 saturated heterocycles. The van der Waals surface area contributed by atoms with Crippen LogP contribution in [0, 0.1) is 0 Å². The minimum atomic E-state index is 0.0624. The highest BCUT2D eigenvalue weighted by molar-refractivity contribution is 5.00. The second kappa shape index (κ2) is 4.62. The van der Waals surface area contributed by atoms with E-state index in [9.17, 15) is 0 Å². The maximum atomic E-state index is 5.71. The third-order valence-corrected chi connectivity index (χ3v) is 2.65. The zero-order valence-electron chi connectivity index (χ0n) is 8.53. The van der Waals surface area contributed by atoms with E-state index in [2.05, 4.69) is 5.32 Å². The van der Waals surface area contributed by atoms with Gasteiger partial charge in [-0.05, 0) is 38.4 Å². The number of ether oxygens (including phenoxy) is 1. The van der Waals surface area contributed by atoms with Crippen molar-refractivity contribution in [3.63, 3.8) is 0 Å². The third-order valence-electron chi connectivity index (χ3n) is 2.65. The van der Waals surface area contributed by atoms with Gasteiger partial charge in [-0.3, -0.25) is 0 Å². The van der Waals surface area contributed by atoms with E-state index in [1.165, 1.54) is 12.8 Å². The Balaban J connectivity index is 1.74. The summed E-state index contributed by atoms with van der Waals surface area (Å²) in [6.07, 6.45) is 4.24. The molecule has 2 rings (SSSR count). The first kappa shape index (κ1) is 9.74. The maximum absolute atomic E-state index is 5.71. The molecule has 0 radical (unpaired) electrons. The standard InChI is InChI=1S/C11H17NO2/c1-9(11-5-3-7-13-11)14-8-10-4-2-6-12-10/h3,5,7,9-10,12H,2,4,6,8H2,1H3/t9-,10+/m1/s1. The molecule has 1 aliphatic heterocycles. The molecule has 0 unspecified atom stereocenters. The van der Waals surface area contributed by atoms with Crippen LogP contribution in [0.25, 0.3) is 0 Å². The molecule has 14 heavy (non-hydrogen) atoms. The zero-order chi connectivity index (χ0) is 9.80. The lowest BCUT2D eigenvalue weighted by atomic mass is 10.2. The van der Waals surface area contributed by atoms with Crippen molar-refractivity contribution < 1.29 is 9.15 Å². The summed E-state index contributed by atoms with van der Waals surface area (Å²) in [5.41, 5.74) is 0. The summed E-state index contributed by atoms with van der Waals surface area (Å²) in [6, 6.07) is 4.38. The van der Waals surface area contributed by atoms with E-state index in [4.69, 9.17) is 9.15 Å². The van der Waals surface area contributed by atoms with Crippen LogP contribution < -0.4 is 5.32 Å². The Kier molecular flexibility index (Phi) is 3.22. The van der Waals surface area contributed by atoms with Crippen LogP contribution in [-0.2, 0) is 4.74 Å². The normalized spacial score (nSPS) is 23.9. The van der Waals surface area contributed by atoms with Gasteiger partial charge in [0.2, 0.25) is 0 Å². The van der Waals surface area contributed by atoms with Gasteiger partial charge in [0.25, 0.3) is 0 Å². The van der Waals surface area contributed by atoms with E-state index < -0.39 is 0 Å². The Labute approximate surface area is 84.4 Å². The highest BCUT2D eigenvalue weighted by Gasteiger charge is 2.16. The van der Waals surface area contributed by atoms with Crippen molar-refractivity contribution in [2.45, 2.75) is 31.9 Å². The van der Waals surface area contributed by atoms with Gasteiger partial charge in [0.15, 0.2) is 0 Å². The fourth-order valence-corrected chi connectivity index (χ4v) is 1.76. The Morgan fingerprint density at radius 1 is 1.71 bits per heavy atom. The van der Waals surface area contributed by atoms with Crippen LogP contribution in [0.5, 0.6) is 0 Å². The van der Waals surface area contributed by atoms with Crippen LogP contribution in [0.3, 0.4) is 0 Å². The molecule has 1 N–H and O–H groups in total. The number of hydrogen-bond acceptors (Lipinski definition) is 3. The molecule has 1 aliphatic rings. The molecule has 3 heteroatoms. The SMILES string of the molecule is C[C@@H](OC[C@@H]1CCCN1)c1ccco1. The number of furan rings is 1. The minimum Gasteiger partial charge on any atom is -0.467 e. The van der Waals surface area contributed by atoms with Gasteiger partial charge < -0.3 is 14.5 Å². The van der Waals surface area contributed by atoms with Gasteiger partial charge in [0.05, 0.1) is 12.9 Å². The monoisotopic (exact) mass is 195 g/mol. The molecule has 1 aromatic heterocycles. The molecule has 2 atom stereocenters. The molecule has 0 spiro atoms. The molecular weight excluding hydrogens is 178 g/mol. The summed E-state index contributed by atoms with van der Waals surface area (Å²) in [4.78, 5) is 0. The van der Waals surface area contributed by atoms with Crippen molar-refractivity contribution in [3.05, 3.63) is 24.2 Å². The molecule has 1 fully saturated rings. The number of hydrogen-bond donors (Lipinski definition) is 1. The summed E-state index contributed by atoms with van der Waals surface area (Å²) in [6.45, 7) is 3.93. The predicted octanol–water partition coefficient (Wildman–Crippen LogP) is 2.11. The second-order valence-electron chi connectivity index (χ2n) is 3.78. The second-order valence-corrected chi connectivity index (χ2v) is 3.78. The summed E-state index contributed by atoms with van der Waals surface area (Å²) in [7, 11) is 0. The van der Waals surface area contributed by atoms with E-state index >= 15 is 0 Å². The third kappa shape index (κ3) is 2.36. The number of nitrogens with one attached hydrogen (secondary N) is 1. The fourth-order valence-electron chi connectivity index (χ4n) is 1.76. The van der Waals surface area contributed by atoms with Gasteiger partial charge in [0.1, 0.15) is 11.9 Å². The van der Waals surface area contributed by atoms with Crippen LogP contribution >= 0.6 is 0 Å². The van der Waals surface area contributed by atoms with Crippen LogP contribution in [-0.4, -0.2) is 19.2 Å². The summed E-state index contributed by atoms with van der Waals surface area (Å²) >= 11 is 0. The number of rotatable bonds is 4. The molecule has 3 nitrogen and oxygen atoms in total. The van der Waals surface area contributed by atoms with Gasteiger partial charge in [-0.1, -0.05) is 0 Å². The molecule has 0 aromatic carbocycles. The first-order chi connectivity index (χ1) is 6.86. The fraction of sp³-hybridized carbons (Fsp3) is 0.636. The lowest BCUT2D eigenvalue weighted by molar-refractivity contribution is 0.0388. The van der Waals surface area contributed by atoms with Crippen LogP contribution in [0.4, 0.5) is 0 Å². The largest absolute Gasteiger partial charge is 0.467 e. The molecule has 0 aliphatic carbocycles. The Morgan fingerprint density at radius 2 is 2.64 bits per heavy atom. The van der Waals surface area contributed by atoms with Crippen molar-refractivity contribution in [3.8, 4) is 0 Å². The van der Waals surface area contributed by atoms with Gasteiger partial charge in [0, 0.05) is 6.04 Å². The first-order valence-corrected chi connectivity index (χ1v) is 5.24. The minimum absolute atomic E-state index is 0.0624. The maximum Gasteiger partial charge on any atom is 0.132 e. The Bertz CT molecular complexity index is 252. The van der Waals surface area contributed by atoms with Crippen LogP contribution in [0.2, 0.25) is 0 Å². The molecular formula is C11H17NO2.